The van der Waals surface area contributed by atoms with Crippen LogP contribution in [0.15, 0.2) is 18.2 Å². The summed E-state index contributed by atoms with van der Waals surface area (Å²) in [5.41, 5.74) is 0. The molecule has 1 aromatic rings. The van der Waals surface area contributed by atoms with Gasteiger partial charge in [-0.2, -0.15) is 11.8 Å². The Morgan fingerprint density at radius 1 is 1.40 bits per heavy atom. The molecule has 1 aliphatic rings. The van der Waals surface area contributed by atoms with Crippen LogP contribution in [-0.4, -0.2) is 29.6 Å². The van der Waals surface area contributed by atoms with Crippen LogP contribution in [0.5, 0.6) is 0 Å². The molecule has 1 atom stereocenters. The average molecular weight is 223 g/mol. The second-order valence-electron chi connectivity index (χ2n) is 3.72. The van der Waals surface area contributed by atoms with Gasteiger partial charge in [-0.25, -0.2) is 4.98 Å². The number of nitrogens with one attached hydrogen (secondary N) is 2. The molecule has 4 heteroatoms. The Hall–Kier alpha value is -0.900. The Bertz CT molecular complexity index is 310. The fourth-order valence-electron chi connectivity index (χ4n) is 1.72. The first-order valence-corrected chi connectivity index (χ1v) is 6.53. The molecule has 0 amide bonds. The highest BCUT2D eigenvalue weighted by molar-refractivity contribution is 7.99. The maximum Gasteiger partial charge on any atom is 0.128 e. The van der Waals surface area contributed by atoms with E-state index in [1.165, 1.54) is 24.3 Å². The van der Waals surface area contributed by atoms with Gasteiger partial charge in [0.25, 0.3) is 0 Å². The largest absolute Gasteiger partial charge is 0.373 e. The minimum atomic E-state index is 0.586. The van der Waals surface area contributed by atoms with Gasteiger partial charge in [-0.05, 0) is 30.7 Å². The molecule has 3 nitrogen and oxygen atoms in total. The normalized spacial score (nSPS) is 21.0. The zero-order valence-electron chi connectivity index (χ0n) is 8.99. The number of nitrogens with zero attached hydrogens (tertiary/aromatic N) is 1. The molecule has 0 bridgehead atoms. The van der Waals surface area contributed by atoms with Gasteiger partial charge >= 0.3 is 0 Å². The number of aromatic nitrogens is 1. The van der Waals surface area contributed by atoms with E-state index in [2.05, 4.69) is 15.6 Å². The van der Waals surface area contributed by atoms with Crippen molar-refractivity contribution < 1.29 is 0 Å². The zero-order chi connectivity index (χ0) is 10.5. The van der Waals surface area contributed by atoms with Crippen molar-refractivity contribution >= 4 is 23.4 Å². The molecule has 2 rings (SSSR count). The van der Waals surface area contributed by atoms with Crippen LogP contribution in [0.4, 0.5) is 11.6 Å². The minimum Gasteiger partial charge on any atom is -0.373 e. The number of thioether (sulfide) groups is 1. The van der Waals surface area contributed by atoms with Crippen LogP contribution in [-0.2, 0) is 0 Å². The zero-order valence-corrected chi connectivity index (χ0v) is 9.81. The minimum absolute atomic E-state index is 0.586. The molecule has 82 valence electrons. The summed E-state index contributed by atoms with van der Waals surface area (Å²) in [6.45, 7) is 0. The quantitative estimate of drug-likeness (QED) is 0.825. The predicted molar refractivity (Wildman–Crippen MR) is 67.8 cm³/mol. The third-order valence-electron chi connectivity index (χ3n) is 2.52. The Kier molecular flexibility index (Phi) is 3.72. The maximum absolute atomic E-state index is 4.45. The van der Waals surface area contributed by atoms with Crippen molar-refractivity contribution in [2.75, 3.05) is 29.2 Å². The van der Waals surface area contributed by atoms with Crippen LogP contribution in [0.3, 0.4) is 0 Å². The molecular weight excluding hydrogens is 206 g/mol. The lowest BCUT2D eigenvalue weighted by atomic mass is 10.2. The summed E-state index contributed by atoms with van der Waals surface area (Å²) in [4.78, 5) is 4.45. The lowest BCUT2D eigenvalue weighted by Gasteiger charge is -2.23. The maximum atomic E-state index is 4.45. The second kappa shape index (κ2) is 5.26. The second-order valence-corrected chi connectivity index (χ2v) is 4.87. The van der Waals surface area contributed by atoms with Gasteiger partial charge in [0.2, 0.25) is 0 Å². The lowest BCUT2D eigenvalue weighted by molar-refractivity contribution is 0.682. The van der Waals surface area contributed by atoms with E-state index < -0.39 is 0 Å². The first-order valence-electron chi connectivity index (χ1n) is 5.37. The standard InChI is InChI=1S/C11H17N3S/c1-12-10-5-2-6-11(14-10)13-9-4-3-7-15-8-9/h2,5-6,9H,3-4,7-8H2,1H3,(H2,12,13,14). The van der Waals surface area contributed by atoms with Gasteiger partial charge < -0.3 is 10.6 Å². The topological polar surface area (TPSA) is 37.0 Å². The van der Waals surface area contributed by atoms with Crippen LogP contribution >= 0.6 is 11.8 Å². The molecule has 1 saturated heterocycles. The molecule has 0 aromatic carbocycles. The van der Waals surface area contributed by atoms with Crippen LogP contribution in [0.25, 0.3) is 0 Å². The average Bonchev–Trinajstić information content (AvgIpc) is 2.31. The summed E-state index contributed by atoms with van der Waals surface area (Å²) in [5.74, 6) is 4.41. The van der Waals surface area contributed by atoms with Crippen molar-refractivity contribution in [3.8, 4) is 0 Å². The Balaban J connectivity index is 1.96. The smallest absolute Gasteiger partial charge is 0.128 e. The number of pyridine rings is 1. The van der Waals surface area contributed by atoms with Gasteiger partial charge in [0, 0.05) is 18.8 Å². The van der Waals surface area contributed by atoms with E-state index in [1.807, 2.05) is 37.0 Å². The highest BCUT2D eigenvalue weighted by atomic mass is 32.2. The van der Waals surface area contributed by atoms with E-state index in [0.29, 0.717) is 6.04 Å². The van der Waals surface area contributed by atoms with E-state index in [9.17, 15) is 0 Å². The third-order valence-corrected chi connectivity index (χ3v) is 3.73. The van der Waals surface area contributed by atoms with E-state index in [-0.39, 0.29) is 0 Å². The van der Waals surface area contributed by atoms with Gasteiger partial charge in [-0.1, -0.05) is 6.07 Å². The van der Waals surface area contributed by atoms with Crippen molar-refractivity contribution in [3.05, 3.63) is 18.2 Å². The van der Waals surface area contributed by atoms with Crippen LogP contribution < -0.4 is 10.6 Å². The number of hydrogen-bond acceptors (Lipinski definition) is 4. The van der Waals surface area contributed by atoms with Crippen molar-refractivity contribution in [3.63, 3.8) is 0 Å². The Morgan fingerprint density at radius 3 is 3.00 bits per heavy atom. The molecule has 0 aliphatic carbocycles. The number of rotatable bonds is 3. The summed E-state index contributed by atoms with van der Waals surface area (Å²) in [6, 6.07) is 6.61. The van der Waals surface area contributed by atoms with Crippen molar-refractivity contribution in [2.45, 2.75) is 18.9 Å². The first-order chi connectivity index (χ1) is 7.38. The molecule has 1 aliphatic heterocycles. The molecule has 0 saturated carbocycles. The molecule has 15 heavy (non-hydrogen) atoms. The number of anilines is 2. The molecule has 1 aromatic heterocycles. The van der Waals surface area contributed by atoms with Crippen molar-refractivity contribution in [1.29, 1.82) is 0 Å². The molecule has 0 radical (unpaired) electrons. The summed E-state index contributed by atoms with van der Waals surface area (Å²) in [6.07, 6.45) is 2.58. The predicted octanol–water partition coefficient (Wildman–Crippen LogP) is 2.43. The molecule has 1 unspecified atom stereocenters. The fraction of sp³-hybridized carbons (Fsp3) is 0.545. The summed E-state index contributed by atoms with van der Waals surface area (Å²) in [5, 5.41) is 6.53. The van der Waals surface area contributed by atoms with Crippen molar-refractivity contribution in [2.24, 2.45) is 0 Å². The van der Waals surface area contributed by atoms with E-state index in [4.69, 9.17) is 0 Å². The van der Waals surface area contributed by atoms with Gasteiger partial charge in [0.05, 0.1) is 0 Å². The molecular formula is C11H17N3S. The van der Waals surface area contributed by atoms with Crippen molar-refractivity contribution in [1.82, 2.24) is 4.98 Å². The Labute approximate surface area is 95.1 Å². The van der Waals surface area contributed by atoms with Gasteiger partial charge in [-0.3, -0.25) is 0 Å². The monoisotopic (exact) mass is 223 g/mol. The fourth-order valence-corrected chi connectivity index (χ4v) is 2.79. The van der Waals surface area contributed by atoms with E-state index >= 15 is 0 Å². The van der Waals surface area contributed by atoms with Crippen LogP contribution in [0.1, 0.15) is 12.8 Å². The van der Waals surface area contributed by atoms with Gasteiger partial charge in [0.15, 0.2) is 0 Å². The highest BCUT2D eigenvalue weighted by Crippen LogP contribution is 2.20. The van der Waals surface area contributed by atoms with Gasteiger partial charge in [0.1, 0.15) is 11.6 Å². The molecule has 0 spiro atoms. The number of hydrogen-bond donors (Lipinski definition) is 2. The van der Waals surface area contributed by atoms with E-state index in [1.54, 1.807) is 0 Å². The third kappa shape index (κ3) is 3.02. The summed E-state index contributed by atoms with van der Waals surface area (Å²) >= 11 is 2.03. The highest BCUT2D eigenvalue weighted by Gasteiger charge is 2.13. The SMILES string of the molecule is CNc1cccc(NC2CCCSC2)n1. The Morgan fingerprint density at radius 2 is 2.27 bits per heavy atom. The lowest BCUT2D eigenvalue weighted by Crippen LogP contribution is -2.26. The van der Waals surface area contributed by atoms with Crippen LogP contribution in [0.2, 0.25) is 0 Å². The van der Waals surface area contributed by atoms with E-state index in [0.717, 1.165) is 11.6 Å². The molecule has 2 N–H and O–H groups in total. The van der Waals surface area contributed by atoms with Gasteiger partial charge in [-0.15, -0.1) is 0 Å². The first kappa shape index (κ1) is 10.6. The molecule has 2 heterocycles. The van der Waals surface area contributed by atoms with Crippen LogP contribution in [0, 0.1) is 0 Å². The summed E-state index contributed by atoms with van der Waals surface area (Å²) < 4.78 is 0. The summed E-state index contributed by atoms with van der Waals surface area (Å²) in [7, 11) is 1.89. The molecule has 1 fully saturated rings.